The highest BCUT2D eigenvalue weighted by Gasteiger charge is 2.25. The Hall–Kier alpha value is -1.60. The first-order chi connectivity index (χ1) is 8.86. The Morgan fingerprint density at radius 2 is 1.67 bits per heavy atom. The summed E-state index contributed by atoms with van der Waals surface area (Å²) in [5.41, 5.74) is 4.36. The van der Waals surface area contributed by atoms with Crippen molar-refractivity contribution in [1.29, 1.82) is 0 Å². The van der Waals surface area contributed by atoms with E-state index in [1.807, 2.05) is 0 Å². The van der Waals surface area contributed by atoms with E-state index < -0.39 is 0 Å². The lowest BCUT2D eigenvalue weighted by Crippen LogP contribution is -2.21. The average molecular weight is 237 g/mol. The van der Waals surface area contributed by atoms with Crippen LogP contribution in [0.15, 0.2) is 54.6 Å². The predicted molar refractivity (Wildman–Crippen MR) is 75.6 cm³/mol. The molecule has 2 unspecified atom stereocenters. The molecular formula is C17H19N. The molecule has 0 aliphatic carbocycles. The van der Waals surface area contributed by atoms with Gasteiger partial charge in [-0.2, -0.15) is 0 Å². The Morgan fingerprint density at radius 3 is 2.50 bits per heavy atom. The first kappa shape index (κ1) is 11.5. The van der Waals surface area contributed by atoms with Crippen molar-refractivity contribution in [2.75, 3.05) is 6.54 Å². The maximum absolute atomic E-state index is 3.55. The predicted octanol–water partition coefficient (Wildman–Crippen LogP) is 3.56. The van der Waals surface area contributed by atoms with Gasteiger partial charge in [-0.05, 0) is 29.2 Å². The summed E-state index contributed by atoms with van der Waals surface area (Å²) < 4.78 is 0. The van der Waals surface area contributed by atoms with Crippen molar-refractivity contribution >= 4 is 0 Å². The zero-order chi connectivity index (χ0) is 12.4. The molecule has 0 spiro atoms. The van der Waals surface area contributed by atoms with Crippen LogP contribution >= 0.6 is 0 Å². The van der Waals surface area contributed by atoms with Crippen molar-refractivity contribution in [1.82, 2.24) is 5.32 Å². The zero-order valence-electron chi connectivity index (χ0n) is 10.8. The molecule has 0 aromatic heterocycles. The lowest BCUT2D eigenvalue weighted by molar-refractivity contribution is 0.486. The molecule has 0 radical (unpaired) electrons. The van der Waals surface area contributed by atoms with Crippen molar-refractivity contribution in [2.45, 2.75) is 19.4 Å². The molecule has 1 aliphatic heterocycles. The highest BCUT2D eigenvalue weighted by Crippen LogP contribution is 2.35. The molecule has 2 aromatic carbocycles. The van der Waals surface area contributed by atoms with Gasteiger partial charge in [0.1, 0.15) is 0 Å². The van der Waals surface area contributed by atoms with Crippen molar-refractivity contribution in [2.24, 2.45) is 5.92 Å². The molecule has 2 aromatic rings. The third-order valence-corrected chi connectivity index (χ3v) is 3.90. The first-order valence-electron chi connectivity index (χ1n) is 6.69. The maximum Gasteiger partial charge on any atom is 0.0208 e. The molecule has 0 fully saturated rings. The quantitative estimate of drug-likeness (QED) is 0.799. The van der Waals surface area contributed by atoms with Gasteiger partial charge < -0.3 is 5.32 Å². The molecule has 2 atom stereocenters. The van der Waals surface area contributed by atoms with Crippen LogP contribution in [0.25, 0.3) is 0 Å². The third kappa shape index (κ3) is 2.06. The van der Waals surface area contributed by atoms with Crippen molar-refractivity contribution < 1.29 is 0 Å². The van der Waals surface area contributed by atoms with Crippen LogP contribution in [0.5, 0.6) is 0 Å². The monoisotopic (exact) mass is 237 g/mol. The van der Waals surface area contributed by atoms with E-state index in [4.69, 9.17) is 0 Å². The fourth-order valence-corrected chi connectivity index (χ4v) is 3.03. The molecular weight excluding hydrogens is 218 g/mol. The summed E-state index contributed by atoms with van der Waals surface area (Å²) in [6.07, 6.45) is 0. The summed E-state index contributed by atoms with van der Waals surface area (Å²) in [5.74, 6) is 1.13. The van der Waals surface area contributed by atoms with E-state index in [9.17, 15) is 0 Å². The standard InChI is InChI=1S/C17H19N/c1-13-11-18-12-15-9-5-6-10-16(15)17(13)14-7-3-2-4-8-14/h2-10,13,17-18H,11-12H2,1H3. The lowest BCUT2D eigenvalue weighted by atomic mass is 9.81. The minimum Gasteiger partial charge on any atom is -0.312 e. The number of hydrogen-bond acceptors (Lipinski definition) is 1. The molecule has 0 saturated carbocycles. The average Bonchev–Trinajstić information content (AvgIpc) is 2.58. The molecule has 92 valence electrons. The molecule has 0 bridgehead atoms. The molecule has 0 amide bonds. The summed E-state index contributed by atoms with van der Waals surface area (Å²) >= 11 is 0. The second kappa shape index (κ2) is 4.95. The van der Waals surface area contributed by atoms with Crippen LogP contribution in [0.2, 0.25) is 0 Å². The smallest absolute Gasteiger partial charge is 0.0208 e. The summed E-state index contributed by atoms with van der Waals surface area (Å²) in [6, 6.07) is 19.7. The van der Waals surface area contributed by atoms with Gasteiger partial charge in [-0.25, -0.2) is 0 Å². The normalized spacial score (nSPS) is 23.2. The molecule has 3 rings (SSSR count). The molecule has 0 saturated heterocycles. The fraction of sp³-hybridized carbons (Fsp3) is 0.294. The van der Waals surface area contributed by atoms with Gasteiger partial charge in [0.2, 0.25) is 0 Å². The number of benzene rings is 2. The molecule has 1 heterocycles. The van der Waals surface area contributed by atoms with E-state index in [0.29, 0.717) is 11.8 Å². The second-order valence-corrected chi connectivity index (χ2v) is 5.20. The molecule has 1 heteroatoms. The Morgan fingerprint density at radius 1 is 0.944 bits per heavy atom. The van der Waals surface area contributed by atoms with E-state index in [1.54, 1.807) is 0 Å². The topological polar surface area (TPSA) is 12.0 Å². The highest BCUT2D eigenvalue weighted by atomic mass is 14.9. The maximum atomic E-state index is 3.55. The Balaban J connectivity index is 2.11. The summed E-state index contributed by atoms with van der Waals surface area (Å²) in [4.78, 5) is 0. The van der Waals surface area contributed by atoms with Crippen molar-refractivity contribution in [3.8, 4) is 0 Å². The largest absolute Gasteiger partial charge is 0.312 e. The van der Waals surface area contributed by atoms with Gasteiger partial charge in [0.15, 0.2) is 0 Å². The number of fused-ring (bicyclic) bond motifs is 1. The first-order valence-corrected chi connectivity index (χ1v) is 6.69. The van der Waals surface area contributed by atoms with Crippen molar-refractivity contribution in [3.63, 3.8) is 0 Å². The lowest BCUT2D eigenvalue weighted by Gasteiger charge is -2.23. The summed E-state index contributed by atoms with van der Waals surface area (Å²) in [5, 5.41) is 3.55. The van der Waals surface area contributed by atoms with Gasteiger partial charge in [0.05, 0.1) is 0 Å². The van der Waals surface area contributed by atoms with Gasteiger partial charge >= 0.3 is 0 Å². The van der Waals surface area contributed by atoms with Crippen LogP contribution in [0, 0.1) is 5.92 Å². The Bertz CT molecular complexity index is 518. The fourth-order valence-electron chi connectivity index (χ4n) is 3.03. The van der Waals surface area contributed by atoms with E-state index >= 15 is 0 Å². The van der Waals surface area contributed by atoms with Gasteiger partial charge in [-0.15, -0.1) is 0 Å². The van der Waals surface area contributed by atoms with Crippen LogP contribution in [-0.4, -0.2) is 6.54 Å². The molecule has 1 nitrogen and oxygen atoms in total. The molecule has 1 aliphatic rings. The molecule has 1 N–H and O–H groups in total. The van der Waals surface area contributed by atoms with Gasteiger partial charge in [0.25, 0.3) is 0 Å². The molecule has 18 heavy (non-hydrogen) atoms. The van der Waals surface area contributed by atoms with E-state index in [-0.39, 0.29) is 0 Å². The van der Waals surface area contributed by atoms with Crippen molar-refractivity contribution in [3.05, 3.63) is 71.3 Å². The Labute approximate surface area is 109 Å². The summed E-state index contributed by atoms with van der Waals surface area (Å²) in [7, 11) is 0. The highest BCUT2D eigenvalue weighted by molar-refractivity contribution is 5.39. The van der Waals surface area contributed by atoms with Crippen LogP contribution in [0.1, 0.15) is 29.5 Å². The van der Waals surface area contributed by atoms with Crippen LogP contribution < -0.4 is 5.32 Å². The minimum absolute atomic E-state index is 0.511. The number of hydrogen-bond donors (Lipinski definition) is 1. The van der Waals surface area contributed by atoms with Crippen LogP contribution in [0.3, 0.4) is 0 Å². The third-order valence-electron chi connectivity index (χ3n) is 3.90. The Kier molecular flexibility index (Phi) is 3.16. The van der Waals surface area contributed by atoms with E-state index in [1.165, 1.54) is 16.7 Å². The van der Waals surface area contributed by atoms with Gasteiger partial charge in [-0.3, -0.25) is 0 Å². The SMILES string of the molecule is CC1CNCc2ccccc2C1c1ccccc1. The van der Waals surface area contributed by atoms with E-state index in [0.717, 1.165) is 13.1 Å². The van der Waals surface area contributed by atoms with Gasteiger partial charge in [0, 0.05) is 12.5 Å². The number of rotatable bonds is 1. The van der Waals surface area contributed by atoms with Crippen LogP contribution in [-0.2, 0) is 6.54 Å². The number of nitrogens with one attached hydrogen (secondary N) is 1. The summed E-state index contributed by atoms with van der Waals surface area (Å²) in [6.45, 7) is 4.41. The zero-order valence-corrected chi connectivity index (χ0v) is 10.8. The van der Waals surface area contributed by atoms with E-state index in [2.05, 4.69) is 66.8 Å². The second-order valence-electron chi connectivity index (χ2n) is 5.20. The van der Waals surface area contributed by atoms with Gasteiger partial charge in [-0.1, -0.05) is 61.5 Å². The minimum atomic E-state index is 0.511. The van der Waals surface area contributed by atoms with Crippen LogP contribution in [0.4, 0.5) is 0 Å².